The molecule has 0 saturated carbocycles. The first kappa shape index (κ1) is 24.6. The third-order valence-corrected chi connectivity index (χ3v) is 4.76. The van der Waals surface area contributed by atoms with Crippen molar-refractivity contribution < 1.29 is 0 Å². The van der Waals surface area contributed by atoms with Gasteiger partial charge in [-0.2, -0.15) is 0 Å². The van der Waals surface area contributed by atoms with E-state index in [9.17, 15) is 4.79 Å². The van der Waals surface area contributed by atoms with Crippen LogP contribution in [0.5, 0.6) is 0 Å². The van der Waals surface area contributed by atoms with E-state index in [0.717, 1.165) is 49.0 Å². The third-order valence-electron chi connectivity index (χ3n) is 4.76. The molecule has 2 N–H and O–H groups in total. The Morgan fingerprint density at radius 1 is 1.16 bits per heavy atom. The topological polar surface area (TPSA) is 78.3 Å². The average Bonchev–Trinajstić information content (AvgIpc) is 3.23. The number of guanidine groups is 1. The molecular formula is C23H31IN6O. The van der Waals surface area contributed by atoms with Crippen LogP contribution in [0.2, 0.25) is 0 Å². The predicted octanol–water partition coefficient (Wildman–Crippen LogP) is 3.73. The van der Waals surface area contributed by atoms with Gasteiger partial charge >= 0.3 is 0 Å². The van der Waals surface area contributed by atoms with Crippen LogP contribution in [0.25, 0.3) is 11.3 Å². The summed E-state index contributed by atoms with van der Waals surface area (Å²) in [5, 5.41) is 3.34. The summed E-state index contributed by atoms with van der Waals surface area (Å²) in [6, 6.07) is 15.4. The van der Waals surface area contributed by atoms with E-state index in [1.165, 1.54) is 0 Å². The first-order valence-electron chi connectivity index (χ1n) is 10.4. The number of hydrogen-bond donors (Lipinski definition) is 2. The van der Waals surface area contributed by atoms with E-state index in [1.807, 2.05) is 43.7 Å². The minimum absolute atomic E-state index is 0. The second-order valence-corrected chi connectivity index (χ2v) is 7.14. The molecule has 3 rings (SSSR count). The minimum atomic E-state index is 0. The van der Waals surface area contributed by atoms with Gasteiger partial charge in [0.2, 0.25) is 5.56 Å². The molecule has 0 aliphatic heterocycles. The van der Waals surface area contributed by atoms with Crippen LogP contribution in [-0.4, -0.2) is 45.5 Å². The van der Waals surface area contributed by atoms with Crippen LogP contribution in [0.3, 0.4) is 0 Å². The van der Waals surface area contributed by atoms with Crippen LogP contribution >= 0.6 is 24.0 Å². The fourth-order valence-corrected chi connectivity index (χ4v) is 3.20. The van der Waals surface area contributed by atoms with Crippen LogP contribution in [0.15, 0.2) is 70.7 Å². The number of imidazole rings is 1. The number of nitrogens with zero attached hydrogens (tertiary/aromatic N) is 4. The first-order valence-corrected chi connectivity index (χ1v) is 10.4. The number of pyridine rings is 1. The molecule has 0 fully saturated rings. The monoisotopic (exact) mass is 534 g/mol. The number of unbranched alkanes of at least 4 members (excludes halogenated alkanes) is 1. The maximum absolute atomic E-state index is 11.7. The van der Waals surface area contributed by atoms with E-state index in [4.69, 9.17) is 4.99 Å². The van der Waals surface area contributed by atoms with Gasteiger partial charge in [0.1, 0.15) is 5.82 Å². The van der Waals surface area contributed by atoms with Crippen molar-refractivity contribution in [2.24, 2.45) is 4.99 Å². The van der Waals surface area contributed by atoms with Gasteiger partial charge in [0, 0.05) is 38.9 Å². The van der Waals surface area contributed by atoms with Gasteiger partial charge in [-0.15, -0.1) is 24.0 Å². The van der Waals surface area contributed by atoms with Crippen molar-refractivity contribution >= 4 is 29.9 Å². The zero-order chi connectivity index (χ0) is 21.2. The summed E-state index contributed by atoms with van der Waals surface area (Å²) >= 11 is 0. The summed E-state index contributed by atoms with van der Waals surface area (Å²) in [6.07, 6.45) is 5.53. The van der Waals surface area contributed by atoms with Gasteiger partial charge in [0.05, 0.1) is 18.4 Å². The van der Waals surface area contributed by atoms with Crippen LogP contribution in [0.4, 0.5) is 0 Å². The van der Waals surface area contributed by atoms with Gasteiger partial charge in [0.25, 0.3) is 0 Å². The van der Waals surface area contributed by atoms with Crippen LogP contribution in [0, 0.1) is 0 Å². The largest absolute Gasteiger partial charge is 0.357 e. The van der Waals surface area contributed by atoms with Crippen molar-refractivity contribution in [2.45, 2.75) is 32.9 Å². The highest BCUT2D eigenvalue weighted by atomic mass is 127. The number of H-pyrrole nitrogens is 1. The Labute approximate surface area is 200 Å². The van der Waals surface area contributed by atoms with Gasteiger partial charge in [-0.1, -0.05) is 36.4 Å². The van der Waals surface area contributed by atoms with Gasteiger partial charge in [-0.25, -0.2) is 4.98 Å². The normalized spacial score (nSPS) is 11.1. The van der Waals surface area contributed by atoms with Gasteiger partial charge in [-0.3, -0.25) is 9.79 Å². The van der Waals surface area contributed by atoms with E-state index >= 15 is 0 Å². The molecular weight excluding hydrogens is 503 g/mol. The molecule has 2 heterocycles. The Morgan fingerprint density at radius 2 is 1.94 bits per heavy atom. The Morgan fingerprint density at radius 3 is 2.68 bits per heavy atom. The van der Waals surface area contributed by atoms with Crippen LogP contribution in [-0.2, 0) is 13.1 Å². The summed E-state index contributed by atoms with van der Waals surface area (Å²) in [5.74, 6) is 1.75. The number of aliphatic imine (C=N–C) groups is 1. The molecule has 0 atom stereocenters. The molecule has 8 heteroatoms. The number of benzene rings is 1. The number of aromatic amines is 1. The summed E-state index contributed by atoms with van der Waals surface area (Å²) in [4.78, 5) is 26.4. The second kappa shape index (κ2) is 12.9. The highest BCUT2D eigenvalue weighted by Crippen LogP contribution is 2.16. The fourth-order valence-electron chi connectivity index (χ4n) is 3.20. The smallest absolute Gasteiger partial charge is 0.250 e. The standard InChI is InChI=1S/C23H30N6O.HI/c1-3-24-23(25-14-8-10-16-29-15-9-7-13-22(29)30)28(2)18-21-26-17-20(27-21)19-11-5-4-6-12-19;/h4-7,9,11-13,15,17H,3,8,10,14,16,18H2,1-2H3,(H,24,25)(H,26,27);1H. The van der Waals surface area contributed by atoms with E-state index in [2.05, 4.69) is 39.2 Å². The number of halogens is 1. The first-order chi connectivity index (χ1) is 14.7. The molecule has 31 heavy (non-hydrogen) atoms. The Hall–Kier alpha value is -2.62. The molecule has 0 aliphatic carbocycles. The SMILES string of the molecule is CCNC(=NCCCCn1ccccc1=O)N(C)Cc1ncc(-c2ccccc2)[nH]1.I. The van der Waals surface area contributed by atoms with Gasteiger partial charge in [0.15, 0.2) is 5.96 Å². The number of aromatic nitrogens is 3. The van der Waals surface area contributed by atoms with Crippen LogP contribution < -0.4 is 10.9 Å². The van der Waals surface area contributed by atoms with Crippen molar-refractivity contribution in [2.75, 3.05) is 20.1 Å². The molecule has 1 aromatic carbocycles. The summed E-state index contributed by atoms with van der Waals surface area (Å²) in [5.41, 5.74) is 2.18. The van der Waals surface area contributed by atoms with Crippen molar-refractivity contribution in [3.05, 3.63) is 77.1 Å². The minimum Gasteiger partial charge on any atom is -0.357 e. The Kier molecular flexibility index (Phi) is 10.3. The summed E-state index contributed by atoms with van der Waals surface area (Å²) < 4.78 is 1.74. The quantitative estimate of drug-likeness (QED) is 0.190. The van der Waals surface area contributed by atoms with E-state index in [1.54, 1.807) is 16.7 Å². The molecule has 0 saturated heterocycles. The number of aryl methyl sites for hydroxylation is 1. The van der Waals surface area contributed by atoms with E-state index in [-0.39, 0.29) is 29.5 Å². The lowest BCUT2D eigenvalue weighted by atomic mass is 10.2. The van der Waals surface area contributed by atoms with Crippen molar-refractivity contribution in [1.82, 2.24) is 24.8 Å². The van der Waals surface area contributed by atoms with Crippen molar-refractivity contribution in [3.8, 4) is 11.3 Å². The lowest BCUT2D eigenvalue weighted by Gasteiger charge is -2.21. The summed E-state index contributed by atoms with van der Waals surface area (Å²) in [7, 11) is 2.01. The molecule has 0 unspecified atom stereocenters. The number of rotatable bonds is 9. The van der Waals surface area contributed by atoms with Crippen LogP contribution in [0.1, 0.15) is 25.6 Å². The highest BCUT2D eigenvalue weighted by molar-refractivity contribution is 14.0. The molecule has 7 nitrogen and oxygen atoms in total. The molecule has 0 radical (unpaired) electrons. The van der Waals surface area contributed by atoms with E-state index in [0.29, 0.717) is 13.1 Å². The lowest BCUT2D eigenvalue weighted by Crippen LogP contribution is -2.38. The molecule has 0 spiro atoms. The Bertz CT molecular complexity index is 998. The zero-order valence-electron chi connectivity index (χ0n) is 18.1. The average molecular weight is 534 g/mol. The predicted molar refractivity (Wildman–Crippen MR) is 137 cm³/mol. The fraction of sp³-hybridized carbons (Fsp3) is 0.348. The van der Waals surface area contributed by atoms with Crippen molar-refractivity contribution in [1.29, 1.82) is 0 Å². The lowest BCUT2D eigenvalue weighted by molar-refractivity contribution is 0.463. The molecule has 166 valence electrons. The second-order valence-electron chi connectivity index (χ2n) is 7.14. The highest BCUT2D eigenvalue weighted by Gasteiger charge is 2.09. The van der Waals surface area contributed by atoms with Gasteiger partial charge in [-0.05, 0) is 31.4 Å². The van der Waals surface area contributed by atoms with E-state index < -0.39 is 0 Å². The molecule has 3 aromatic rings. The summed E-state index contributed by atoms with van der Waals surface area (Å²) in [6.45, 7) is 4.93. The van der Waals surface area contributed by atoms with Gasteiger partial charge < -0.3 is 19.8 Å². The van der Waals surface area contributed by atoms with Crippen molar-refractivity contribution in [3.63, 3.8) is 0 Å². The maximum atomic E-state index is 11.7. The number of hydrogen-bond acceptors (Lipinski definition) is 3. The third kappa shape index (κ3) is 7.54. The molecule has 0 amide bonds. The zero-order valence-corrected chi connectivity index (χ0v) is 20.5. The molecule has 2 aromatic heterocycles. The maximum Gasteiger partial charge on any atom is 0.250 e. The molecule has 0 bridgehead atoms. The Balaban J connectivity index is 0.00000341. The molecule has 0 aliphatic rings. The number of nitrogens with one attached hydrogen (secondary N) is 2.